The van der Waals surface area contributed by atoms with Crippen LogP contribution in [0.2, 0.25) is 0 Å². The first kappa shape index (κ1) is 18.1. The molecular formula is C18H21BrN2O3. The van der Waals surface area contributed by atoms with Crippen LogP contribution in [0.1, 0.15) is 12.0 Å². The van der Waals surface area contributed by atoms with Gasteiger partial charge in [-0.3, -0.25) is 4.79 Å². The van der Waals surface area contributed by atoms with Gasteiger partial charge in [-0.15, -0.1) is 0 Å². The minimum atomic E-state index is -0.0662. The first-order valence-corrected chi connectivity index (χ1v) is 8.34. The van der Waals surface area contributed by atoms with Crippen LogP contribution in [0.3, 0.4) is 0 Å². The van der Waals surface area contributed by atoms with Gasteiger partial charge in [0.2, 0.25) is 5.91 Å². The predicted molar refractivity (Wildman–Crippen MR) is 100 cm³/mol. The van der Waals surface area contributed by atoms with Gasteiger partial charge in [-0.25, -0.2) is 0 Å². The van der Waals surface area contributed by atoms with Gasteiger partial charge >= 0.3 is 0 Å². The highest BCUT2D eigenvalue weighted by atomic mass is 79.9. The van der Waals surface area contributed by atoms with Crippen LogP contribution >= 0.6 is 15.9 Å². The van der Waals surface area contributed by atoms with Crippen LogP contribution in [-0.4, -0.2) is 26.7 Å². The predicted octanol–water partition coefficient (Wildman–Crippen LogP) is 4.22. The lowest BCUT2D eigenvalue weighted by atomic mass is 10.2. The number of halogens is 1. The van der Waals surface area contributed by atoms with Crippen molar-refractivity contribution in [1.82, 2.24) is 0 Å². The van der Waals surface area contributed by atoms with E-state index in [2.05, 4.69) is 26.6 Å². The zero-order valence-corrected chi connectivity index (χ0v) is 15.6. The fourth-order valence-corrected chi connectivity index (χ4v) is 2.46. The zero-order valence-electron chi connectivity index (χ0n) is 14.0. The van der Waals surface area contributed by atoms with Crippen LogP contribution in [0.25, 0.3) is 0 Å². The van der Waals surface area contributed by atoms with E-state index in [1.807, 2.05) is 25.1 Å². The Morgan fingerprint density at radius 1 is 1.04 bits per heavy atom. The molecule has 0 aliphatic rings. The first-order valence-electron chi connectivity index (χ1n) is 7.55. The highest BCUT2D eigenvalue weighted by molar-refractivity contribution is 9.10. The molecule has 0 unspecified atom stereocenters. The molecule has 0 atom stereocenters. The van der Waals surface area contributed by atoms with Crippen molar-refractivity contribution < 1.29 is 14.3 Å². The highest BCUT2D eigenvalue weighted by Crippen LogP contribution is 2.29. The van der Waals surface area contributed by atoms with Crippen LogP contribution in [0.15, 0.2) is 40.9 Å². The molecule has 24 heavy (non-hydrogen) atoms. The van der Waals surface area contributed by atoms with Gasteiger partial charge in [-0.1, -0.05) is 15.9 Å². The summed E-state index contributed by atoms with van der Waals surface area (Å²) in [4.78, 5) is 12.0. The SMILES string of the molecule is COc1ccc(NC(=O)CCNc2ccc(Br)c(C)c2)cc1OC. The molecule has 1 amide bonds. The molecule has 0 aliphatic heterocycles. The smallest absolute Gasteiger partial charge is 0.226 e. The Balaban J connectivity index is 1.86. The van der Waals surface area contributed by atoms with Crippen molar-refractivity contribution in [2.24, 2.45) is 0 Å². The van der Waals surface area contributed by atoms with Gasteiger partial charge < -0.3 is 20.1 Å². The number of rotatable bonds is 7. The summed E-state index contributed by atoms with van der Waals surface area (Å²) >= 11 is 3.47. The molecule has 5 nitrogen and oxygen atoms in total. The van der Waals surface area contributed by atoms with Gasteiger partial charge in [-0.2, -0.15) is 0 Å². The standard InChI is InChI=1S/C18H21BrN2O3/c1-12-10-13(4-6-15(12)19)20-9-8-18(22)21-14-5-7-16(23-2)17(11-14)24-3/h4-7,10-11,20H,8-9H2,1-3H3,(H,21,22). The average Bonchev–Trinajstić information content (AvgIpc) is 2.58. The molecule has 2 aromatic carbocycles. The summed E-state index contributed by atoms with van der Waals surface area (Å²) in [6.45, 7) is 2.58. The van der Waals surface area contributed by atoms with E-state index in [0.717, 1.165) is 15.7 Å². The first-order chi connectivity index (χ1) is 11.5. The van der Waals surface area contributed by atoms with Gasteiger partial charge in [-0.05, 0) is 42.8 Å². The van der Waals surface area contributed by atoms with E-state index in [1.54, 1.807) is 32.4 Å². The Kier molecular flexibility index (Phi) is 6.49. The number of aryl methyl sites for hydroxylation is 1. The number of methoxy groups -OCH3 is 2. The molecule has 0 radical (unpaired) electrons. The summed E-state index contributed by atoms with van der Waals surface area (Å²) in [7, 11) is 3.14. The van der Waals surface area contributed by atoms with Crippen LogP contribution in [0.5, 0.6) is 11.5 Å². The monoisotopic (exact) mass is 392 g/mol. The van der Waals surface area contributed by atoms with E-state index in [-0.39, 0.29) is 5.91 Å². The Hall–Kier alpha value is -2.21. The number of nitrogens with one attached hydrogen (secondary N) is 2. The molecule has 0 saturated carbocycles. The Labute approximate surface area is 150 Å². The van der Waals surface area contributed by atoms with E-state index >= 15 is 0 Å². The molecule has 2 N–H and O–H groups in total. The third-order valence-electron chi connectivity index (χ3n) is 3.51. The summed E-state index contributed by atoms with van der Waals surface area (Å²) < 4.78 is 11.5. The number of benzene rings is 2. The largest absolute Gasteiger partial charge is 0.493 e. The van der Waals surface area contributed by atoms with Crippen molar-refractivity contribution >= 4 is 33.2 Å². The molecular weight excluding hydrogens is 372 g/mol. The van der Waals surface area contributed by atoms with Crippen LogP contribution in [0.4, 0.5) is 11.4 Å². The fraction of sp³-hybridized carbons (Fsp3) is 0.278. The summed E-state index contributed by atoms with van der Waals surface area (Å²) in [5.74, 6) is 1.14. The average molecular weight is 393 g/mol. The molecule has 6 heteroatoms. The lowest BCUT2D eigenvalue weighted by Crippen LogP contribution is -2.16. The fourth-order valence-electron chi connectivity index (χ4n) is 2.21. The van der Waals surface area contributed by atoms with Crippen molar-refractivity contribution in [2.45, 2.75) is 13.3 Å². The molecule has 2 rings (SSSR count). The van der Waals surface area contributed by atoms with Gasteiger partial charge in [0.05, 0.1) is 14.2 Å². The van der Waals surface area contributed by atoms with E-state index in [9.17, 15) is 4.79 Å². The van der Waals surface area contributed by atoms with Gasteiger partial charge in [0.15, 0.2) is 11.5 Å². The number of ether oxygens (including phenoxy) is 2. The number of anilines is 2. The minimum Gasteiger partial charge on any atom is -0.493 e. The Morgan fingerprint density at radius 3 is 2.42 bits per heavy atom. The molecule has 0 aromatic heterocycles. The number of hydrogen-bond acceptors (Lipinski definition) is 4. The second-order valence-corrected chi connectivity index (χ2v) is 6.11. The third kappa shape index (κ3) is 4.89. The lowest BCUT2D eigenvalue weighted by Gasteiger charge is -2.11. The van der Waals surface area contributed by atoms with E-state index < -0.39 is 0 Å². The number of carbonyl (C=O) groups excluding carboxylic acids is 1. The van der Waals surface area contributed by atoms with E-state index in [0.29, 0.717) is 30.2 Å². The normalized spacial score (nSPS) is 10.2. The van der Waals surface area contributed by atoms with Crippen molar-refractivity contribution in [3.05, 3.63) is 46.4 Å². The molecule has 0 heterocycles. The summed E-state index contributed by atoms with van der Waals surface area (Å²) in [6.07, 6.45) is 0.365. The van der Waals surface area contributed by atoms with Gasteiger partial charge in [0, 0.05) is 34.9 Å². The molecule has 0 saturated heterocycles. The highest BCUT2D eigenvalue weighted by Gasteiger charge is 2.07. The second kappa shape index (κ2) is 8.59. The van der Waals surface area contributed by atoms with Crippen molar-refractivity contribution in [3.8, 4) is 11.5 Å². The molecule has 128 valence electrons. The molecule has 0 bridgehead atoms. The van der Waals surface area contributed by atoms with Crippen LogP contribution in [-0.2, 0) is 4.79 Å². The Bertz CT molecular complexity index is 719. The van der Waals surface area contributed by atoms with E-state index in [1.165, 1.54) is 0 Å². The summed E-state index contributed by atoms with van der Waals surface area (Å²) in [6, 6.07) is 11.3. The number of amides is 1. The zero-order chi connectivity index (χ0) is 17.5. The van der Waals surface area contributed by atoms with Crippen molar-refractivity contribution in [2.75, 3.05) is 31.4 Å². The maximum Gasteiger partial charge on any atom is 0.226 e. The maximum atomic E-state index is 12.0. The molecule has 0 spiro atoms. The molecule has 2 aromatic rings. The Morgan fingerprint density at radius 2 is 1.75 bits per heavy atom. The third-order valence-corrected chi connectivity index (χ3v) is 4.40. The van der Waals surface area contributed by atoms with Gasteiger partial charge in [0.1, 0.15) is 0 Å². The summed E-state index contributed by atoms with van der Waals surface area (Å²) in [5, 5.41) is 6.10. The van der Waals surface area contributed by atoms with Crippen molar-refractivity contribution in [1.29, 1.82) is 0 Å². The van der Waals surface area contributed by atoms with Crippen molar-refractivity contribution in [3.63, 3.8) is 0 Å². The topological polar surface area (TPSA) is 59.6 Å². The van der Waals surface area contributed by atoms with Crippen LogP contribution in [0, 0.1) is 6.92 Å². The molecule has 0 aliphatic carbocycles. The summed E-state index contributed by atoms with van der Waals surface area (Å²) in [5.41, 5.74) is 2.82. The van der Waals surface area contributed by atoms with Gasteiger partial charge in [0.25, 0.3) is 0 Å². The minimum absolute atomic E-state index is 0.0662. The second-order valence-electron chi connectivity index (χ2n) is 5.26. The lowest BCUT2D eigenvalue weighted by molar-refractivity contribution is -0.115. The molecule has 0 fully saturated rings. The number of hydrogen-bond donors (Lipinski definition) is 2. The van der Waals surface area contributed by atoms with Crippen LogP contribution < -0.4 is 20.1 Å². The number of carbonyl (C=O) groups is 1. The maximum absolute atomic E-state index is 12.0. The quantitative estimate of drug-likeness (QED) is 0.740. The van der Waals surface area contributed by atoms with E-state index in [4.69, 9.17) is 9.47 Å².